The van der Waals surface area contributed by atoms with Crippen molar-refractivity contribution >= 4 is 40.7 Å². The second-order valence-electron chi connectivity index (χ2n) is 3.78. The fourth-order valence-corrected chi connectivity index (χ4v) is 2.38. The van der Waals surface area contributed by atoms with Crippen LogP contribution in [0.25, 0.3) is 0 Å². The number of benzene rings is 1. The van der Waals surface area contributed by atoms with E-state index in [-0.39, 0.29) is 5.78 Å². The summed E-state index contributed by atoms with van der Waals surface area (Å²) in [6, 6.07) is 4.95. The minimum atomic E-state index is 0.0234. The van der Waals surface area contributed by atoms with E-state index in [4.69, 9.17) is 23.2 Å². The van der Waals surface area contributed by atoms with Crippen LogP contribution in [0.15, 0.2) is 18.2 Å². The SMILES string of the molecule is CSCCN(C)CC(=O)c1ccc(Cl)cc1Cl. The van der Waals surface area contributed by atoms with Crippen molar-refractivity contribution in [3.05, 3.63) is 33.8 Å². The second kappa shape index (κ2) is 7.27. The number of hydrogen-bond acceptors (Lipinski definition) is 3. The van der Waals surface area contributed by atoms with Gasteiger partial charge in [0, 0.05) is 22.9 Å². The third-order valence-corrected chi connectivity index (χ3v) is 3.46. The molecule has 2 nitrogen and oxygen atoms in total. The van der Waals surface area contributed by atoms with E-state index in [1.54, 1.807) is 30.0 Å². The average molecular weight is 292 g/mol. The molecule has 0 spiro atoms. The van der Waals surface area contributed by atoms with E-state index in [2.05, 4.69) is 0 Å². The molecule has 0 bridgehead atoms. The van der Waals surface area contributed by atoms with Gasteiger partial charge in [0.05, 0.1) is 11.6 Å². The standard InChI is InChI=1S/C12H15Cl2NOS/c1-15(5-6-17-2)8-12(16)10-4-3-9(13)7-11(10)14/h3-4,7H,5-6,8H2,1-2H3. The first kappa shape index (κ1) is 14.8. The lowest BCUT2D eigenvalue weighted by molar-refractivity contribution is 0.0949. The van der Waals surface area contributed by atoms with Gasteiger partial charge in [0.25, 0.3) is 0 Å². The van der Waals surface area contributed by atoms with E-state index in [0.29, 0.717) is 22.2 Å². The Labute approximate surface area is 116 Å². The predicted molar refractivity (Wildman–Crippen MR) is 76.7 cm³/mol. The number of halogens is 2. The number of nitrogens with zero attached hydrogens (tertiary/aromatic N) is 1. The van der Waals surface area contributed by atoms with Gasteiger partial charge in [0.2, 0.25) is 0 Å². The maximum Gasteiger partial charge on any atom is 0.178 e. The Kier molecular flexibility index (Phi) is 6.34. The first-order valence-electron chi connectivity index (χ1n) is 5.20. The Bertz CT molecular complexity index is 398. The summed E-state index contributed by atoms with van der Waals surface area (Å²) in [4.78, 5) is 14.0. The van der Waals surface area contributed by atoms with Crippen molar-refractivity contribution in [2.75, 3.05) is 32.1 Å². The molecule has 17 heavy (non-hydrogen) atoms. The molecule has 0 radical (unpaired) electrons. The monoisotopic (exact) mass is 291 g/mol. The van der Waals surface area contributed by atoms with Crippen LogP contribution in [0.3, 0.4) is 0 Å². The third-order valence-electron chi connectivity index (χ3n) is 2.32. The molecule has 0 aromatic heterocycles. The number of thioether (sulfide) groups is 1. The molecule has 1 rings (SSSR count). The van der Waals surface area contributed by atoms with Gasteiger partial charge in [-0.1, -0.05) is 23.2 Å². The number of ketones is 1. The van der Waals surface area contributed by atoms with Crippen LogP contribution in [0, 0.1) is 0 Å². The first-order chi connectivity index (χ1) is 8.04. The molecule has 0 aliphatic heterocycles. The van der Waals surface area contributed by atoms with Crippen molar-refractivity contribution in [1.82, 2.24) is 4.90 Å². The lowest BCUT2D eigenvalue weighted by atomic mass is 10.1. The lowest BCUT2D eigenvalue weighted by Crippen LogP contribution is -2.28. The van der Waals surface area contributed by atoms with Crippen molar-refractivity contribution in [2.24, 2.45) is 0 Å². The number of hydrogen-bond donors (Lipinski definition) is 0. The highest BCUT2D eigenvalue weighted by Crippen LogP contribution is 2.21. The van der Waals surface area contributed by atoms with E-state index < -0.39 is 0 Å². The quantitative estimate of drug-likeness (QED) is 0.749. The van der Waals surface area contributed by atoms with E-state index in [1.165, 1.54) is 0 Å². The van der Waals surface area contributed by atoms with Gasteiger partial charge in [-0.15, -0.1) is 0 Å². The Morgan fingerprint density at radius 3 is 2.71 bits per heavy atom. The van der Waals surface area contributed by atoms with Crippen molar-refractivity contribution in [3.8, 4) is 0 Å². The average Bonchev–Trinajstić information content (AvgIpc) is 2.26. The first-order valence-corrected chi connectivity index (χ1v) is 7.35. The fourth-order valence-electron chi connectivity index (χ4n) is 1.37. The number of carbonyl (C=O) groups excluding carboxylic acids is 1. The van der Waals surface area contributed by atoms with Crippen molar-refractivity contribution in [1.29, 1.82) is 0 Å². The summed E-state index contributed by atoms with van der Waals surface area (Å²) in [5.41, 5.74) is 0.534. The van der Waals surface area contributed by atoms with E-state index in [1.807, 2.05) is 18.2 Å². The van der Waals surface area contributed by atoms with Crippen molar-refractivity contribution < 1.29 is 4.79 Å². The number of rotatable bonds is 6. The molecule has 0 aliphatic carbocycles. The summed E-state index contributed by atoms with van der Waals surface area (Å²) in [5, 5.41) is 0.961. The molecule has 1 aromatic rings. The van der Waals surface area contributed by atoms with Gasteiger partial charge in [-0.3, -0.25) is 9.69 Å². The molecule has 5 heteroatoms. The molecule has 0 saturated heterocycles. The van der Waals surface area contributed by atoms with Crippen molar-refractivity contribution in [2.45, 2.75) is 0 Å². The van der Waals surface area contributed by atoms with Crippen LogP contribution < -0.4 is 0 Å². The van der Waals surface area contributed by atoms with E-state index in [9.17, 15) is 4.79 Å². The lowest BCUT2D eigenvalue weighted by Gasteiger charge is -2.15. The normalized spacial score (nSPS) is 10.9. The van der Waals surface area contributed by atoms with Gasteiger partial charge in [0.15, 0.2) is 5.78 Å². The molecule has 0 heterocycles. The molecule has 0 amide bonds. The molecule has 0 unspecified atom stereocenters. The number of likely N-dealkylation sites (N-methyl/N-ethyl adjacent to an activating group) is 1. The summed E-state index contributed by atoms with van der Waals surface area (Å²) in [7, 11) is 1.93. The Hall–Kier alpha value is -0.220. The minimum Gasteiger partial charge on any atom is -0.298 e. The van der Waals surface area contributed by atoms with Crippen LogP contribution in [0.2, 0.25) is 10.0 Å². The molecule has 94 valence electrons. The minimum absolute atomic E-state index is 0.0234. The molecule has 0 N–H and O–H groups in total. The van der Waals surface area contributed by atoms with Gasteiger partial charge in [-0.2, -0.15) is 11.8 Å². The smallest absolute Gasteiger partial charge is 0.178 e. The summed E-state index contributed by atoms with van der Waals surface area (Å²) in [5.74, 6) is 1.04. The van der Waals surface area contributed by atoms with Crippen LogP contribution >= 0.6 is 35.0 Å². The van der Waals surface area contributed by atoms with Gasteiger partial charge in [-0.25, -0.2) is 0 Å². The highest BCUT2D eigenvalue weighted by atomic mass is 35.5. The number of Topliss-reactive ketones (excluding diaryl/α,β-unsaturated/α-hetero) is 1. The summed E-state index contributed by atoms with van der Waals surface area (Å²) in [6.45, 7) is 1.26. The Morgan fingerprint density at radius 2 is 2.12 bits per heavy atom. The summed E-state index contributed by atoms with van der Waals surface area (Å²) >= 11 is 13.5. The van der Waals surface area contributed by atoms with Crippen LogP contribution in [0.5, 0.6) is 0 Å². The zero-order valence-corrected chi connectivity index (χ0v) is 12.2. The van der Waals surface area contributed by atoms with Crippen LogP contribution in [0.1, 0.15) is 10.4 Å². The fraction of sp³-hybridized carbons (Fsp3) is 0.417. The molecule has 0 fully saturated rings. The van der Waals surface area contributed by atoms with Crippen LogP contribution in [-0.2, 0) is 0 Å². The predicted octanol–water partition coefficient (Wildman–Crippen LogP) is 3.47. The molecular weight excluding hydrogens is 277 g/mol. The van der Waals surface area contributed by atoms with Gasteiger partial charge < -0.3 is 0 Å². The zero-order chi connectivity index (χ0) is 12.8. The second-order valence-corrected chi connectivity index (χ2v) is 5.61. The largest absolute Gasteiger partial charge is 0.298 e. The van der Waals surface area contributed by atoms with E-state index in [0.717, 1.165) is 12.3 Å². The van der Waals surface area contributed by atoms with Crippen LogP contribution in [0.4, 0.5) is 0 Å². The molecule has 0 saturated carbocycles. The molecule has 0 aliphatic rings. The van der Waals surface area contributed by atoms with Crippen molar-refractivity contribution in [3.63, 3.8) is 0 Å². The molecule has 0 atom stereocenters. The van der Waals surface area contributed by atoms with Gasteiger partial charge in [-0.05, 0) is 31.5 Å². The van der Waals surface area contributed by atoms with Crippen LogP contribution in [-0.4, -0.2) is 42.8 Å². The Balaban J connectivity index is 2.63. The highest BCUT2D eigenvalue weighted by molar-refractivity contribution is 7.98. The molecule has 1 aromatic carbocycles. The Morgan fingerprint density at radius 1 is 1.41 bits per heavy atom. The van der Waals surface area contributed by atoms with E-state index >= 15 is 0 Å². The summed E-state index contributed by atoms with van der Waals surface area (Å²) < 4.78 is 0. The zero-order valence-electron chi connectivity index (χ0n) is 9.87. The molecular formula is C12H15Cl2NOS. The topological polar surface area (TPSA) is 20.3 Å². The third kappa shape index (κ3) is 4.88. The maximum absolute atomic E-state index is 12.0. The van der Waals surface area contributed by atoms with Gasteiger partial charge in [0.1, 0.15) is 0 Å². The number of carbonyl (C=O) groups is 1. The highest BCUT2D eigenvalue weighted by Gasteiger charge is 2.12. The maximum atomic E-state index is 12.0. The summed E-state index contributed by atoms with van der Waals surface area (Å²) in [6.07, 6.45) is 2.05. The van der Waals surface area contributed by atoms with Gasteiger partial charge >= 0.3 is 0 Å².